The molecule has 126 valence electrons. The highest BCUT2D eigenvalue weighted by Gasteiger charge is 2.28. The van der Waals surface area contributed by atoms with E-state index in [2.05, 4.69) is 5.32 Å². The highest BCUT2D eigenvalue weighted by Crippen LogP contribution is 2.35. The number of carboxylic acids is 1. The third kappa shape index (κ3) is 4.94. The Kier molecular flexibility index (Phi) is 5.96. The Morgan fingerprint density at radius 1 is 1.30 bits per heavy atom. The van der Waals surface area contributed by atoms with Crippen LogP contribution in [0.3, 0.4) is 0 Å². The molecular weight excluding hydrogens is 299 g/mol. The minimum Gasteiger partial charge on any atom is -0.481 e. The maximum Gasteiger partial charge on any atom is 0.317 e. The second-order valence-corrected chi connectivity index (χ2v) is 6.09. The first-order valence-electron chi connectivity index (χ1n) is 7.96. The normalized spacial score (nSPS) is 16.1. The Morgan fingerprint density at radius 3 is 2.48 bits per heavy atom. The molecule has 1 aromatic carbocycles. The number of hydrogen-bond acceptors (Lipinski definition) is 2. The van der Waals surface area contributed by atoms with Crippen LogP contribution in [0.25, 0.3) is 0 Å². The predicted octanol–water partition coefficient (Wildman–Crippen LogP) is 3.17. The van der Waals surface area contributed by atoms with Crippen molar-refractivity contribution in [2.45, 2.75) is 38.1 Å². The van der Waals surface area contributed by atoms with Crippen molar-refractivity contribution in [1.29, 1.82) is 0 Å². The van der Waals surface area contributed by atoms with Crippen molar-refractivity contribution in [2.24, 2.45) is 5.92 Å². The van der Waals surface area contributed by atoms with Crippen molar-refractivity contribution in [1.82, 2.24) is 10.2 Å². The second-order valence-electron chi connectivity index (χ2n) is 6.09. The SMILES string of the molecule is CN(CCC(=O)O)C(=O)NC(c1ccc(F)cc1)C1CCCC1. The Balaban J connectivity index is 2.06. The molecule has 1 aliphatic rings. The minimum absolute atomic E-state index is 0.0887. The first-order chi connectivity index (χ1) is 11.0. The number of urea groups is 1. The summed E-state index contributed by atoms with van der Waals surface area (Å²) in [6.07, 6.45) is 4.23. The van der Waals surface area contributed by atoms with Crippen LogP contribution < -0.4 is 5.32 Å². The van der Waals surface area contributed by atoms with E-state index >= 15 is 0 Å². The number of carboxylic acid groups (broad SMARTS) is 1. The monoisotopic (exact) mass is 322 g/mol. The van der Waals surface area contributed by atoms with Crippen LogP contribution in [-0.4, -0.2) is 35.6 Å². The number of hydrogen-bond donors (Lipinski definition) is 2. The summed E-state index contributed by atoms with van der Waals surface area (Å²) >= 11 is 0. The number of benzene rings is 1. The highest BCUT2D eigenvalue weighted by molar-refractivity contribution is 5.75. The lowest BCUT2D eigenvalue weighted by molar-refractivity contribution is -0.137. The summed E-state index contributed by atoms with van der Waals surface area (Å²) in [5, 5.41) is 11.7. The van der Waals surface area contributed by atoms with Crippen LogP contribution in [0.4, 0.5) is 9.18 Å². The van der Waals surface area contributed by atoms with E-state index in [9.17, 15) is 14.0 Å². The van der Waals surface area contributed by atoms with Gasteiger partial charge >= 0.3 is 12.0 Å². The molecule has 0 saturated heterocycles. The number of aliphatic carboxylic acids is 1. The summed E-state index contributed by atoms with van der Waals surface area (Å²) in [7, 11) is 1.58. The number of halogens is 1. The van der Waals surface area contributed by atoms with Crippen LogP contribution in [0.15, 0.2) is 24.3 Å². The van der Waals surface area contributed by atoms with Gasteiger partial charge in [-0.15, -0.1) is 0 Å². The van der Waals surface area contributed by atoms with Crippen molar-refractivity contribution in [2.75, 3.05) is 13.6 Å². The van der Waals surface area contributed by atoms with Gasteiger partial charge in [0, 0.05) is 13.6 Å². The van der Waals surface area contributed by atoms with E-state index < -0.39 is 5.97 Å². The molecule has 0 radical (unpaired) electrons. The first kappa shape index (κ1) is 17.2. The number of rotatable bonds is 6. The predicted molar refractivity (Wildman–Crippen MR) is 84.5 cm³/mol. The molecule has 1 unspecified atom stereocenters. The topological polar surface area (TPSA) is 69.6 Å². The molecule has 2 amide bonds. The van der Waals surface area contributed by atoms with E-state index in [1.165, 1.54) is 17.0 Å². The van der Waals surface area contributed by atoms with Gasteiger partial charge < -0.3 is 15.3 Å². The Hall–Kier alpha value is -2.11. The Morgan fingerprint density at radius 2 is 1.91 bits per heavy atom. The number of nitrogens with zero attached hydrogens (tertiary/aromatic N) is 1. The molecule has 1 fully saturated rings. The second kappa shape index (κ2) is 7.94. The van der Waals surface area contributed by atoms with Crippen molar-refractivity contribution in [3.05, 3.63) is 35.6 Å². The average Bonchev–Trinajstić information content (AvgIpc) is 3.05. The molecule has 1 saturated carbocycles. The smallest absolute Gasteiger partial charge is 0.317 e. The lowest BCUT2D eigenvalue weighted by Gasteiger charge is -2.28. The first-order valence-corrected chi connectivity index (χ1v) is 7.96. The Bertz CT molecular complexity index is 541. The standard InChI is InChI=1S/C17H23FN2O3/c1-20(11-10-15(21)22)17(23)19-16(12-4-2-3-5-12)13-6-8-14(18)9-7-13/h6-9,12,16H,2-5,10-11H2,1H3,(H,19,23)(H,21,22). The molecule has 2 N–H and O–H groups in total. The molecule has 0 aromatic heterocycles. The molecule has 23 heavy (non-hydrogen) atoms. The van der Waals surface area contributed by atoms with Crippen LogP contribution in [0.2, 0.25) is 0 Å². The molecule has 6 heteroatoms. The van der Waals surface area contributed by atoms with Gasteiger partial charge in [-0.05, 0) is 36.5 Å². The van der Waals surface area contributed by atoms with E-state index in [1.807, 2.05) is 0 Å². The van der Waals surface area contributed by atoms with Crippen molar-refractivity contribution in [3.8, 4) is 0 Å². The van der Waals surface area contributed by atoms with Gasteiger partial charge in [-0.2, -0.15) is 0 Å². The van der Waals surface area contributed by atoms with Gasteiger partial charge in [0.15, 0.2) is 0 Å². The van der Waals surface area contributed by atoms with Gasteiger partial charge in [0.25, 0.3) is 0 Å². The fourth-order valence-electron chi connectivity index (χ4n) is 3.04. The van der Waals surface area contributed by atoms with Gasteiger partial charge in [-0.1, -0.05) is 25.0 Å². The lowest BCUT2D eigenvalue weighted by atomic mass is 9.91. The van der Waals surface area contributed by atoms with Gasteiger partial charge in [0.1, 0.15) is 5.82 Å². The fraction of sp³-hybridized carbons (Fsp3) is 0.529. The summed E-state index contributed by atoms with van der Waals surface area (Å²) in [5.74, 6) is -0.906. The summed E-state index contributed by atoms with van der Waals surface area (Å²) in [4.78, 5) is 24.3. The Labute approximate surface area is 135 Å². The van der Waals surface area contributed by atoms with Gasteiger partial charge in [0.2, 0.25) is 0 Å². The van der Waals surface area contributed by atoms with E-state index in [0.29, 0.717) is 5.92 Å². The van der Waals surface area contributed by atoms with Crippen LogP contribution in [0.5, 0.6) is 0 Å². The molecule has 5 nitrogen and oxygen atoms in total. The summed E-state index contributed by atoms with van der Waals surface area (Å²) in [6, 6.07) is 5.74. The maximum absolute atomic E-state index is 13.1. The lowest BCUT2D eigenvalue weighted by Crippen LogP contribution is -2.42. The summed E-state index contributed by atoms with van der Waals surface area (Å²) in [6.45, 7) is 0.155. The molecular formula is C17H23FN2O3. The molecule has 1 atom stereocenters. The van der Waals surface area contributed by atoms with Crippen LogP contribution >= 0.6 is 0 Å². The number of carbonyl (C=O) groups excluding carboxylic acids is 1. The summed E-state index contributed by atoms with van der Waals surface area (Å²) < 4.78 is 13.1. The van der Waals surface area contributed by atoms with Gasteiger partial charge in [-0.25, -0.2) is 9.18 Å². The zero-order valence-electron chi connectivity index (χ0n) is 13.3. The van der Waals surface area contributed by atoms with Crippen molar-refractivity contribution < 1.29 is 19.1 Å². The fourth-order valence-corrected chi connectivity index (χ4v) is 3.04. The molecule has 2 rings (SSSR count). The molecule has 1 aliphatic carbocycles. The maximum atomic E-state index is 13.1. The zero-order chi connectivity index (χ0) is 16.8. The minimum atomic E-state index is -0.935. The van der Waals surface area contributed by atoms with Crippen LogP contribution in [0, 0.1) is 11.7 Å². The van der Waals surface area contributed by atoms with Crippen molar-refractivity contribution >= 4 is 12.0 Å². The average molecular weight is 322 g/mol. The molecule has 1 aromatic rings. The number of amides is 2. The molecule has 0 spiro atoms. The van der Waals surface area contributed by atoms with E-state index in [1.54, 1.807) is 19.2 Å². The van der Waals surface area contributed by atoms with Crippen LogP contribution in [-0.2, 0) is 4.79 Å². The van der Waals surface area contributed by atoms with Crippen molar-refractivity contribution in [3.63, 3.8) is 0 Å². The zero-order valence-corrected chi connectivity index (χ0v) is 13.3. The number of nitrogens with one attached hydrogen (secondary N) is 1. The highest BCUT2D eigenvalue weighted by atomic mass is 19.1. The van der Waals surface area contributed by atoms with Gasteiger partial charge in [0.05, 0.1) is 12.5 Å². The molecule has 0 aliphatic heterocycles. The van der Waals surface area contributed by atoms with E-state index in [-0.39, 0.29) is 30.9 Å². The summed E-state index contributed by atoms with van der Waals surface area (Å²) in [5.41, 5.74) is 0.887. The molecule has 0 heterocycles. The number of carbonyl (C=O) groups is 2. The third-order valence-electron chi connectivity index (χ3n) is 4.39. The van der Waals surface area contributed by atoms with Crippen LogP contribution in [0.1, 0.15) is 43.7 Å². The quantitative estimate of drug-likeness (QED) is 0.845. The van der Waals surface area contributed by atoms with Gasteiger partial charge in [-0.3, -0.25) is 4.79 Å². The third-order valence-corrected chi connectivity index (χ3v) is 4.39. The largest absolute Gasteiger partial charge is 0.481 e. The van der Waals surface area contributed by atoms with E-state index in [4.69, 9.17) is 5.11 Å². The molecule has 0 bridgehead atoms. The van der Waals surface area contributed by atoms with E-state index in [0.717, 1.165) is 31.2 Å².